The van der Waals surface area contributed by atoms with Gasteiger partial charge in [0.1, 0.15) is 23.1 Å². The largest absolute Gasteiger partial charge is 0.497 e. The van der Waals surface area contributed by atoms with Gasteiger partial charge in [0.25, 0.3) is 5.91 Å². The molecule has 236 valence electrons. The summed E-state index contributed by atoms with van der Waals surface area (Å²) in [6.45, 7) is 3.65. The lowest BCUT2D eigenvalue weighted by Gasteiger charge is -2.36. The van der Waals surface area contributed by atoms with Crippen LogP contribution >= 0.6 is 0 Å². The summed E-state index contributed by atoms with van der Waals surface area (Å²) in [7, 11) is 3.32. The third kappa shape index (κ3) is 8.18. The van der Waals surface area contributed by atoms with Crippen molar-refractivity contribution >= 4 is 11.8 Å². The molecule has 2 amide bonds. The average molecular weight is 603 g/mol. The van der Waals surface area contributed by atoms with Crippen LogP contribution in [-0.2, 0) is 24.8 Å². The first-order valence-electron chi connectivity index (χ1n) is 15.7. The number of unbranched alkanes of at least 4 members (excludes halogenated alkanes) is 3. The Labute approximate surface area is 261 Å². The van der Waals surface area contributed by atoms with Crippen LogP contribution < -0.4 is 15.0 Å². The number of hydrogen-bond acceptors (Lipinski definition) is 6. The Hall–Kier alpha value is -3.88. The van der Waals surface area contributed by atoms with Crippen molar-refractivity contribution in [2.75, 3.05) is 34.0 Å². The quantitative estimate of drug-likeness (QED) is 0.109. The van der Waals surface area contributed by atoms with Crippen molar-refractivity contribution < 1.29 is 28.6 Å². The molecule has 0 bridgehead atoms. The van der Waals surface area contributed by atoms with Gasteiger partial charge in [-0.3, -0.25) is 14.4 Å². The number of carbonyl (C=O) groups excluding carboxylic acids is 2. The molecule has 4 rings (SSSR count). The summed E-state index contributed by atoms with van der Waals surface area (Å²) in [4.78, 5) is 32.6. The minimum Gasteiger partial charge on any atom is -0.497 e. The van der Waals surface area contributed by atoms with E-state index in [1.165, 1.54) is 0 Å². The van der Waals surface area contributed by atoms with E-state index in [-0.39, 0.29) is 11.8 Å². The number of likely N-dealkylation sites (tertiary alicyclic amines) is 1. The predicted octanol–water partition coefficient (Wildman–Crippen LogP) is 6.41. The first kappa shape index (κ1) is 33.0. The molecule has 0 aromatic heterocycles. The van der Waals surface area contributed by atoms with E-state index in [4.69, 9.17) is 19.0 Å². The zero-order chi connectivity index (χ0) is 31.2. The van der Waals surface area contributed by atoms with E-state index in [9.17, 15) is 9.59 Å². The van der Waals surface area contributed by atoms with Crippen molar-refractivity contribution in [3.8, 4) is 11.5 Å². The second-order valence-electron chi connectivity index (χ2n) is 11.1. The lowest BCUT2D eigenvalue weighted by Crippen LogP contribution is -2.45. The fraction of sp³-hybridized carbons (Fsp3) is 0.444. The molecular formula is C36H46N2O6. The molecule has 1 heterocycles. The molecule has 3 aromatic rings. The molecule has 0 aliphatic carbocycles. The first-order chi connectivity index (χ1) is 21.5. The number of rotatable bonds is 17. The molecule has 3 aromatic carbocycles. The highest BCUT2D eigenvalue weighted by molar-refractivity contribution is 5.87. The van der Waals surface area contributed by atoms with E-state index in [0.717, 1.165) is 66.7 Å². The zero-order valence-electron chi connectivity index (χ0n) is 26.3. The first-order valence-corrected chi connectivity index (χ1v) is 15.7. The molecule has 8 nitrogen and oxygen atoms in total. The molecule has 1 N–H and O–H groups in total. The molecule has 0 saturated carbocycles. The highest BCUT2D eigenvalue weighted by Gasteiger charge is 2.38. The van der Waals surface area contributed by atoms with Gasteiger partial charge in [-0.05, 0) is 73.1 Å². The third-order valence-electron chi connectivity index (χ3n) is 8.18. The van der Waals surface area contributed by atoms with Gasteiger partial charge in [-0.2, -0.15) is 0 Å². The van der Waals surface area contributed by atoms with Crippen molar-refractivity contribution in [2.45, 2.75) is 69.9 Å². The van der Waals surface area contributed by atoms with Crippen LogP contribution in [0.1, 0.15) is 75.0 Å². The summed E-state index contributed by atoms with van der Waals surface area (Å²) in [5.74, 6) is 1.34. The highest BCUT2D eigenvalue weighted by Crippen LogP contribution is 2.41. The van der Waals surface area contributed by atoms with Crippen LogP contribution in [0.15, 0.2) is 78.9 Å². The monoisotopic (exact) mass is 602 g/mol. The number of amides is 2. The third-order valence-corrected chi connectivity index (χ3v) is 8.18. The Balaban J connectivity index is 1.41. The number of nitrogens with zero attached hydrogens (tertiary/aromatic N) is 1. The van der Waals surface area contributed by atoms with Gasteiger partial charge >= 0.3 is 0 Å². The van der Waals surface area contributed by atoms with Crippen LogP contribution in [0.3, 0.4) is 0 Å². The van der Waals surface area contributed by atoms with Gasteiger partial charge < -0.3 is 19.1 Å². The van der Waals surface area contributed by atoms with Gasteiger partial charge in [0.2, 0.25) is 5.91 Å². The van der Waals surface area contributed by atoms with Gasteiger partial charge in [-0.15, -0.1) is 0 Å². The summed E-state index contributed by atoms with van der Waals surface area (Å²) in [5.41, 5.74) is 4.67. The maximum Gasteiger partial charge on any atom is 0.266 e. The Morgan fingerprint density at radius 2 is 1.41 bits per heavy atom. The Bertz CT molecular complexity index is 1250. The summed E-state index contributed by atoms with van der Waals surface area (Å²) < 4.78 is 17.8. The van der Waals surface area contributed by atoms with Crippen LogP contribution in [0.25, 0.3) is 0 Å². The van der Waals surface area contributed by atoms with Gasteiger partial charge in [0.05, 0.1) is 20.8 Å². The van der Waals surface area contributed by atoms with Crippen LogP contribution in [0, 0.1) is 0 Å². The van der Waals surface area contributed by atoms with Crippen LogP contribution in [0.2, 0.25) is 0 Å². The number of ether oxygens (including phenoxy) is 3. The summed E-state index contributed by atoms with van der Waals surface area (Å²) >= 11 is 0. The molecule has 0 unspecified atom stereocenters. The fourth-order valence-electron chi connectivity index (χ4n) is 5.74. The molecular weight excluding hydrogens is 556 g/mol. The van der Waals surface area contributed by atoms with Crippen LogP contribution in [0.4, 0.5) is 0 Å². The Kier molecular flexibility index (Phi) is 12.6. The lowest BCUT2D eigenvalue weighted by atomic mass is 9.80. The van der Waals surface area contributed by atoms with E-state index in [1.54, 1.807) is 19.1 Å². The van der Waals surface area contributed by atoms with E-state index in [0.29, 0.717) is 32.6 Å². The van der Waals surface area contributed by atoms with E-state index >= 15 is 0 Å². The molecule has 1 aliphatic rings. The number of methoxy groups -OCH3 is 2. The number of nitrogens with one attached hydrogen (secondary N) is 1. The zero-order valence-corrected chi connectivity index (χ0v) is 26.3. The maximum atomic E-state index is 13.0. The highest BCUT2D eigenvalue weighted by atomic mass is 16.6. The van der Waals surface area contributed by atoms with E-state index in [1.807, 2.05) is 66.7 Å². The van der Waals surface area contributed by atoms with Gasteiger partial charge in [-0.25, -0.2) is 5.48 Å². The fourth-order valence-corrected chi connectivity index (χ4v) is 5.74. The van der Waals surface area contributed by atoms with Gasteiger partial charge in [0.15, 0.2) is 0 Å². The van der Waals surface area contributed by atoms with Crippen molar-refractivity contribution in [3.05, 3.63) is 95.6 Å². The Morgan fingerprint density at radius 1 is 0.795 bits per heavy atom. The lowest BCUT2D eigenvalue weighted by molar-refractivity contribution is -0.145. The molecule has 44 heavy (non-hydrogen) atoms. The summed E-state index contributed by atoms with van der Waals surface area (Å²) in [6, 6.07) is 25.8. The van der Waals surface area contributed by atoms with Crippen molar-refractivity contribution in [3.63, 3.8) is 0 Å². The molecule has 8 heteroatoms. The summed E-state index contributed by atoms with van der Waals surface area (Å²) in [5, 5.41) is 0. The second-order valence-corrected chi connectivity index (χ2v) is 11.1. The number of carbonyl (C=O) groups is 2. The molecule has 1 atom stereocenters. The average Bonchev–Trinajstić information content (AvgIpc) is 3.58. The predicted molar refractivity (Wildman–Crippen MR) is 170 cm³/mol. The molecule has 1 saturated heterocycles. The topological polar surface area (TPSA) is 86.3 Å². The van der Waals surface area contributed by atoms with E-state index in [2.05, 4.69) is 24.5 Å². The smallest absolute Gasteiger partial charge is 0.266 e. The number of hydroxylamine groups is 1. The van der Waals surface area contributed by atoms with Crippen LogP contribution in [-0.4, -0.2) is 56.7 Å². The number of benzene rings is 3. The molecule has 0 radical (unpaired) electrons. The maximum absolute atomic E-state index is 13.0. The second kappa shape index (κ2) is 16.8. The molecule has 1 aliphatic heterocycles. The molecule has 1 fully saturated rings. The standard InChI is InChI=1S/C36H46N2O6/c1-4-5-27-44-37-35(40)33-15-12-25-38(33)34(39)16-10-7-11-26-43-36(28-13-8-6-9-14-28,29-17-21-31(41-2)22-18-29)30-19-23-32(42-3)24-20-30/h6,8-9,13-14,17-24,33H,4-5,7,10-12,15-16,25-27H2,1-3H3,(H,37,40)/t33-/m0/s1. The van der Waals surface area contributed by atoms with E-state index < -0.39 is 11.6 Å². The van der Waals surface area contributed by atoms with Crippen molar-refractivity contribution in [2.24, 2.45) is 0 Å². The normalized spacial score (nSPS) is 14.8. The SMILES string of the molecule is CCCCONC(=O)[C@@H]1CCCN1C(=O)CCCCCOC(c1ccccc1)(c1ccc(OC)cc1)c1ccc(OC)cc1. The van der Waals surface area contributed by atoms with Crippen molar-refractivity contribution in [1.29, 1.82) is 0 Å². The number of hydrogen-bond donors (Lipinski definition) is 1. The van der Waals surface area contributed by atoms with Crippen molar-refractivity contribution in [1.82, 2.24) is 10.4 Å². The minimum atomic E-state index is -0.856. The molecule has 0 spiro atoms. The van der Waals surface area contributed by atoms with Crippen LogP contribution in [0.5, 0.6) is 11.5 Å². The van der Waals surface area contributed by atoms with Gasteiger partial charge in [0, 0.05) is 19.6 Å². The minimum absolute atomic E-state index is 0.0206. The Morgan fingerprint density at radius 3 is 2.00 bits per heavy atom. The summed E-state index contributed by atoms with van der Waals surface area (Å²) in [6.07, 6.45) is 6.10. The van der Waals surface area contributed by atoms with Gasteiger partial charge in [-0.1, -0.05) is 74.4 Å².